The van der Waals surface area contributed by atoms with E-state index in [1.165, 1.54) is 36.1 Å². The van der Waals surface area contributed by atoms with Gasteiger partial charge in [-0.05, 0) is 61.6 Å². The second-order valence-electron chi connectivity index (χ2n) is 9.66. The molecule has 210 valence electrons. The zero-order chi connectivity index (χ0) is 28.7. The van der Waals surface area contributed by atoms with Gasteiger partial charge in [-0.3, -0.25) is 14.4 Å². The van der Waals surface area contributed by atoms with Crippen LogP contribution in [0.25, 0.3) is 0 Å². The van der Waals surface area contributed by atoms with Gasteiger partial charge in [0.1, 0.15) is 29.6 Å². The van der Waals surface area contributed by atoms with E-state index >= 15 is 0 Å². The second kappa shape index (κ2) is 13.1. The zero-order valence-corrected chi connectivity index (χ0v) is 21.5. The quantitative estimate of drug-likeness (QED) is 0.198. The lowest BCUT2D eigenvalue weighted by atomic mass is 10.0. The number of hydrogen-bond donors (Lipinski definition) is 7. The molecule has 8 N–H and O–H groups in total. The molecule has 2 aromatic rings. The maximum absolute atomic E-state index is 13.4. The smallest absolute Gasteiger partial charge is 0.326 e. The molecule has 0 spiro atoms. The summed E-state index contributed by atoms with van der Waals surface area (Å²) >= 11 is 0. The van der Waals surface area contributed by atoms with Crippen molar-refractivity contribution in [3.05, 3.63) is 59.7 Å². The normalized spacial score (nSPS) is 18.0. The Morgan fingerprint density at radius 1 is 0.949 bits per heavy atom. The van der Waals surface area contributed by atoms with Crippen LogP contribution in [-0.4, -0.2) is 85.8 Å². The highest BCUT2D eigenvalue weighted by Crippen LogP contribution is 2.20. The van der Waals surface area contributed by atoms with Crippen LogP contribution >= 0.6 is 0 Å². The Bertz CT molecular complexity index is 1170. The van der Waals surface area contributed by atoms with Crippen molar-refractivity contribution >= 4 is 23.7 Å². The van der Waals surface area contributed by atoms with E-state index in [9.17, 15) is 39.6 Å². The van der Waals surface area contributed by atoms with Crippen molar-refractivity contribution in [2.45, 2.75) is 62.9 Å². The van der Waals surface area contributed by atoms with Crippen LogP contribution in [0, 0.1) is 0 Å². The molecule has 39 heavy (non-hydrogen) atoms. The summed E-state index contributed by atoms with van der Waals surface area (Å²) in [6.45, 7) is 1.52. The molecular weight excluding hydrogens is 508 g/mol. The van der Waals surface area contributed by atoms with E-state index in [0.29, 0.717) is 17.5 Å². The highest BCUT2D eigenvalue weighted by Gasteiger charge is 2.40. The molecule has 12 heteroatoms. The first-order valence-electron chi connectivity index (χ1n) is 12.6. The summed E-state index contributed by atoms with van der Waals surface area (Å²) in [7, 11) is 0. The maximum Gasteiger partial charge on any atom is 0.326 e. The predicted molar refractivity (Wildman–Crippen MR) is 140 cm³/mol. The minimum atomic E-state index is -1.37. The van der Waals surface area contributed by atoms with Crippen molar-refractivity contribution in [3.63, 3.8) is 0 Å². The number of likely N-dealkylation sites (tertiary alicyclic amines) is 1. The highest BCUT2D eigenvalue weighted by molar-refractivity contribution is 5.95. The van der Waals surface area contributed by atoms with Gasteiger partial charge in [0.25, 0.3) is 0 Å². The van der Waals surface area contributed by atoms with Gasteiger partial charge in [0, 0.05) is 13.0 Å². The first kappa shape index (κ1) is 29.4. The molecule has 0 bridgehead atoms. The summed E-state index contributed by atoms with van der Waals surface area (Å²) in [5, 5.41) is 43.7. The molecule has 0 saturated carbocycles. The lowest BCUT2D eigenvalue weighted by Gasteiger charge is -2.31. The third kappa shape index (κ3) is 7.91. The number of phenolic OH excluding ortho intramolecular Hbond substituents is 2. The third-order valence-electron chi connectivity index (χ3n) is 6.60. The van der Waals surface area contributed by atoms with Crippen LogP contribution < -0.4 is 16.4 Å². The molecule has 3 rings (SSSR count). The number of benzene rings is 2. The Morgan fingerprint density at radius 2 is 1.49 bits per heavy atom. The van der Waals surface area contributed by atoms with Gasteiger partial charge < -0.3 is 41.7 Å². The molecule has 1 heterocycles. The Morgan fingerprint density at radius 3 is 2.00 bits per heavy atom. The molecule has 0 aromatic heterocycles. The largest absolute Gasteiger partial charge is 0.508 e. The lowest BCUT2D eigenvalue weighted by Crippen LogP contribution is -2.59. The number of aliphatic hydroxyl groups is 1. The number of carboxylic acids is 1. The summed E-state index contributed by atoms with van der Waals surface area (Å²) < 4.78 is 0. The monoisotopic (exact) mass is 542 g/mol. The summed E-state index contributed by atoms with van der Waals surface area (Å²) in [4.78, 5) is 52.2. The number of nitrogens with two attached hydrogens (primary N) is 1. The second-order valence-corrected chi connectivity index (χ2v) is 9.66. The van der Waals surface area contributed by atoms with Gasteiger partial charge in [-0.15, -0.1) is 0 Å². The molecule has 0 radical (unpaired) electrons. The summed E-state index contributed by atoms with van der Waals surface area (Å²) in [6.07, 6.45) is -0.454. The Labute approximate surface area is 225 Å². The van der Waals surface area contributed by atoms with Gasteiger partial charge in [0.2, 0.25) is 17.7 Å². The number of carboxylic acid groups (broad SMARTS) is 1. The standard InChI is InChI=1S/C27H34N4O8/c1-15(32)23(30-24(35)20(28)13-16-4-8-18(33)9-5-16)26(37)31-12-2-3-22(31)25(36)29-21(27(38)39)14-17-6-10-19(34)11-7-17/h4-11,15,20-23,32-34H,2-3,12-14,28H2,1H3,(H,29,36)(H,30,35)(H,38,39). The fraction of sp³-hybridized carbons (Fsp3) is 0.407. The predicted octanol–water partition coefficient (Wildman–Crippen LogP) is -0.364. The van der Waals surface area contributed by atoms with Gasteiger partial charge in [0.05, 0.1) is 12.1 Å². The fourth-order valence-electron chi connectivity index (χ4n) is 4.45. The maximum atomic E-state index is 13.4. The minimum absolute atomic E-state index is 0.0239. The van der Waals surface area contributed by atoms with Crippen molar-refractivity contribution in [1.29, 1.82) is 0 Å². The number of rotatable bonds is 11. The molecular formula is C27H34N4O8. The molecule has 1 saturated heterocycles. The van der Waals surface area contributed by atoms with Crippen LogP contribution in [0.5, 0.6) is 11.5 Å². The fourth-order valence-corrected chi connectivity index (χ4v) is 4.45. The molecule has 2 aromatic carbocycles. The Kier molecular flexibility index (Phi) is 9.85. The molecule has 0 aliphatic carbocycles. The van der Waals surface area contributed by atoms with E-state index in [-0.39, 0.29) is 37.3 Å². The highest BCUT2D eigenvalue weighted by atomic mass is 16.4. The minimum Gasteiger partial charge on any atom is -0.508 e. The number of carbonyl (C=O) groups excluding carboxylic acids is 3. The number of carbonyl (C=O) groups is 4. The van der Waals surface area contributed by atoms with E-state index < -0.39 is 54.0 Å². The van der Waals surface area contributed by atoms with Gasteiger partial charge in [-0.1, -0.05) is 24.3 Å². The summed E-state index contributed by atoms with van der Waals surface area (Å²) in [5.41, 5.74) is 7.28. The number of aliphatic carboxylic acids is 1. The van der Waals surface area contributed by atoms with E-state index in [1.807, 2.05) is 0 Å². The average Bonchev–Trinajstić information content (AvgIpc) is 3.39. The molecule has 5 atom stereocenters. The van der Waals surface area contributed by atoms with E-state index in [0.717, 1.165) is 0 Å². The number of nitrogens with zero attached hydrogens (tertiary/aromatic N) is 1. The van der Waals surface area contributed by atoms with Crippen LogP contribution in [0.15, 0.2) is 48.5 Å². The van der Waals surface area contributed by atoms with Crippen LogP contribution in [-0.2, 0) is 32.0 Å². The number of amides is 3. The van der Waals surface area contributed by atoms with Crippen molar-refractivity contribution < 1.29 is 39.6 Å². The number of nitrogens with one attached hydrogen (secondary N) is 2. The molecule has 1 aliphatic heterocycles. The van der Waals surface area contributed by atoms with Gasteiger partial charge >= 0.3 is 5.97 Å². The van der Waals surface area contributed by atoms with Crippen molar-refractivity contribution in [3.8, 4) is 11.5 Å². The number of aliphatic hydroxyl groups excluding tert-OH is 1. The van der Waals surface area contributed by atoms with Crippen molar-refractivity contribution in [1.82, 2.24) is 15.5 Å². The average molecular weight is 543 g/mol. The molecule has 1 aliphatic rings. The Balaban J connectivity index is 1.66. The summed E-state index contributed by atoms with van der Waals surface area (Å²) in [6, 6.07) is 7.38. The van der Waals surface area contributed by atoms with E-state index in [2.05, 4.69) is 10.6 Å². The van der Waals surface area contributed by atoms with E-state index in [4.69, 9.17) is 5.73 Å². The Hall–Kier alpha value is -4.16. The number of aromatic hydroxyl groups is 2. The van der Waals surface area contributed by atoms with Gasteiger partial charge in [-0.2, -0.15) is 0 Å². The molecule has 3 amide bonds. The number of hydrogen-bond acceptors (Lipinski definition) is 8. The summed E-state index contributed by atoms with van der Waals surface area (Å²) in [5.74, 6) is -3.19. The van der Waals surface area contributed by atoms with Crippen LogP contribution in [0.1, 0.15) is 30.9 Å². The zero-order valence-electron chi connectivity index (χ0n) is 21.5. The molecule has 1 fully saturated rings. The van der Waals surface area contributed by atoms with Gasteiger partial charge in [-0.25, -0.2) is 4.79 Å². The third-order valence-corrected chi connectivity index (χ3v) is 6.60. The molecule has 5 unspecified atom stereocenters. The van der Waals surface area contributed by atoms with Gasteiger partial charge in [0.15, 0.2) is 0 Å². The SMILES string of the molecule is CC(O)C(NC(=O)C(N)Cc1ccc(O)cc1)C(=O)N1CCCC1C(=O)NC(Cc1ccc(O)cc1)C(=O)O. The van der Waals surface area contributed by atoms with E-state index in [1.54, 1.807) is 24.3 Å². The lowest BCUT2D eigenvalue weighted by molar-refractivity contribution is -0.146. The van der Waals surface area contributed by atoms with Crippen molar-refractivity contribution in [2.75, 3.05) is 6.54 Å². The van der Waals surface area contributed by atoms with Crippen molar-refractivity contribution in [2.24, 2.45) is 5.73 Å². The molecule has 12 nitrogen and oxygen atoms in total. The number of phenols is 2. The first-order valence-corrected chi connectivity index (χ1v) is 12.6. The van der Waals surface area contributed by atoms with Crippen LogP contribution in [0.2, 0.25) is 0 Å². The van der Waals surface area contributed by atoms with Crippen LogP contribution in [0.4, 0.5) is 0 Å². The van der Waals surface area contributed by atoms with Crippen LogP contribution in [0.3, 0.4) is 0 Å². The topological polar surface area (TPSA) is 203 Å². The first-order chi connectivity index (χ1) is 18.5.